The SMILES string of the molecule is COc1cccc([C@@H]2C[C@@H]2C(=O)N2CC[C@@H](N3CCCC3)C2)c1. The van der Waals surface area contributed by atoms with Gasteiger partial charge in [0.15, 0.2) is 0 Å². The van der Waals surface area contributed by atoms with Crippen LogP contribution in [0.1, 0.15) is 37.2 Å². The minimum absolute atomic E-state index is 0.194. The first kappa shape index (κ1) is 15.0. The van der Waals surface area contributed by atoms with Crippen molar-refractivity contribution >= 4 is 5.91 Å². The van der Waals surface area contributed by atoms with E-state index in [0.717, 1.165) is 31.7 Å². The number of amides is 1. The van der Waals surface area contributed by atoms with Gasteiger partial charge in [-0.1, -0.05) is 12.1 Å². The highest BCUT2D eigenvalue weighted by atomic mass is 16.5. The molecule has 3 atom stereocenters. The number of nitrogens with zero attached hydrogens (tertiary/aromatic N) is 2. The number of carbonyl (C=O) groups is 1. The normalized spacial score (nSPS) is 30.7. The van der Waals surface area contributed by atoms with E-state index in [2.05, 4.69) is 21.9 Å². The predicted molar refractivity (Wildman–Crippen MR) is 89.6 cm³/mol. The minimum atomic E-state index is 0.194. The molecule has 0 spiro atoms. The smallest absolute Gasteiger partial charge is 0.226 e. The van der Waals surface area contributed by atoms with E-state index in [1.54, 1.807) is 7.11 Å². The Hall–Kier alpha value is -1.55. The monoisotopic (exact) mass is 314 g/mol. The topological polar surface area (TPSA) is 32.8 Å². The van der Waals surface area contributed by atoms with Crippen LogP contribution in [-0.2, 0) is 4.79 Å². The van der Waals surface area contributed by atoms with Gasteiger partial charge >= 0.3 is 0 Å². The third kappa shape index (κ3) is 2.97. The highest BCUT2D eigenvalue weighted by molar-refractivity contribution is 5.83. The van der Waals surface area contributed by atoms with Gasteiger partial charge in [0.05, 0.1) is 7.11 Å². The molecule has 3 aliphatic rings. The minimum Gasteiger partial charge on any atom is -0.497 e. The van der Waals surface area contributed by atoms with Crippen LogP contribution in [0.5, 0.6) is 5.75 Å². The molecule has 1 aromatic rings. The van der Waals surface area contributed by atoms with Crippen molar-refractivity contribution in [3.8, 4) is 5.75 Å². The molecular formula is C19H26N2O2. The third-order valence-corrected chi connectivity index (χ3v) is 5.76. The lowest BCUT2D eigenvalue weighted by Crippen LogP contribution is -2.37. The zero-order chi connectivity index (χ0) is 15.8. The first-order valence-electron chi connectivity index (χ1n) is 8.93. The third-order valence-electron chi connectivity index (χ3n) is 5.76. The molecule has 4 rings (SSSR count). The lowest BCUT2D eigenvalue weighted by Gasteiger charge is -2.23. The molecule has 0 bridgehead atoms. The molecule has 4 nitrogen and oxygen atoms in total. The summed E-state index contributed by atoms with van der Waals surface area (Å²) in [6.45, 7) is 4.34. The fourth-order valence-electron chi connectivity index (χ4n) is 4.29. The van der Waals surface area contributed by atoms with Gasteiger partial charge in [0.25, 0.3) is 0 Å². The van der Waals surface area contributed by atoms with E-state index >= 15 is 0 Å². The number of carbonyl (C=O) groups excluding carboxylic acids is 1. The van der Waals surface area contributed by atoms with Crippen LogP contribution < -0.4 is 4.74 Å². The average molecular weight is 314 g/mol. The van der Waals surface area contributed by atoms with Gasteiger partial charge in [-0.05, 0) is 62.4 Å². The summed E-state index contributed by atoms with van der Waals surface area (Å²) in [6, 6.07) is 8.79. The van der Waals surface area contributed by atoms with Crippen molar-refractivity contribution in [1.82, 2.24) is 9.80 Å². The molecule has 2 aliphatic heterocycles. The lowest BCUT2D eigenvalue weighted by molar-refractivity contribution is -0.131. The molecule has 124 valence electrons. The van der Waals surface area contributed by atoms with Crippen molar-refractivity contribution in [1.29, 1.82) is 0 Å². The number of benzene rings is 1. The number of ether oxygens (including phenoxy) is 1. The predicted octanol–water partition coefficient (Wildman–Crippen LogP) is 2.50. The van der Waals surface area contributed by atoms with Crippen molar-refractivity contribution in [2.45, 2.75) is 37.6 Å². The van der Waals surface area contributed by atoms with Gasteiger partial charge < -0.3 is 9.64 Å². The molecule has 0 radical (unpaired) electrons. The molecule has 23 heavy (non-hydrogen) atoms. The summed E-state index contributed by atoms with van der Waals surface area (Å²) >= 11 is 0. The molecule has 0 unspecified atom stereocenters. The van der Waals surface area contributed by atoms with Crippen LogP contribution in [0, 0.1) is 5.92 Å². The van der Waals surface area contributed by atoms with Gasteiger partial charge in [-0.3, -0.25) is 9.69 Å². The molecule has 1 aromatic carbocycles. The fourth-order valence-corrected chi connectivity index (χ4v) is 4.29. The largest absolute Gasteiger partial charge is 0.497 e. The van der Waals surface area contributed by atoms with E-state index < -0.39 is 0 Å². The summed E-state index contributed by atoms with van der Waals surface area (Å²) in [6.07, 6.45) is 4.80. The number of methoxy groups -OCH3 is 1. The first-order valence-corrected chi connectivity index (χ1v) is 8.93. The summed E-state index contributed by atoms with van der Waals surface area (Å²) in [5.74, 6) is 1.85. The maximum atomic E-state index is 12.8. The molecule has 0 N–H and O–H groups in total. The summed E-state index contributed by atoms with van der Waals surface area (Å²) < 4.78 is 5.30. The van der Waals surface area contributed by atoms with Crippen LogP contribution in [0.3, 0.4) is 0 Å². The summed E-state index contributed by atoms with van der Waals surface area (Å²) in [4.78, 5) is 17.5. The molecule has 2 heterocycles. The van der Waals surface area contributed by atoms with Gasteiger partial charge in [-0.15, -0.1) is 0 Å². The van der Waals surface area contributed by atoms with Crippen molar-refractivity contribution < 1.29 is 9.53 Å². The van der Waals surface area contributed by atoms with Crippen LogP contribution in [-0.4, -0.2) is 55.0 Å². The van der Waals surface area contributed by atoms with E-state index in [-0.39, 0.29) is 5.92 Å². The quantitative estimate of drug-likeness (QED) is 0.856. The zero-order valence-electron chi connectivity index (χ0n) is 13.9. The average Bonchev–Trinajstić information content (AvgIpc) is 3.00. The Morgan fingerprint density at radius 3 is 2.83 bits per heavy atom. The van der Waals surface area contributed by atoms with Crippen LogP contribution in [0.4, 0.5) is 0 Å². The Morgan fingerprint density at radius 2 is 2.04 bits per heavy atom. The van der Waals surface area contributed by atoms with Crippen LogP contribution in [0.25, 0.3) is 0 Å². The Morgan fingerprint density at radius 1 is 1.22 bits per heavy atom. The van der Waals surface area contributed by atoms with Crippen molar-refractivity contribution in [2.24, 2.45) is 5.92 Å². The van der Waals surface area contributed by atoms with Crippen LogP contribution >= 0.6 is 0 Å². The summed E-state index contributed by atoms with van der Waals surface area (Å²) in [5, 5.41) is 0. The van der Waals surface area contributed by atoms with Crippen molar-refractivity contribution in [2.75, 3.05) is 33.3 Å². The Balaban J connectivity index is 1.35. The molecular weight excluding hydrogens is 288 g/mol. The first-order chi connectivity index (χ1) is 11.3. The van der Waals surface area contributed by atoms with E-state index in [1.165, 1.54) is 31.5 Å². The maximum absolute atomic E-state index is 12.8. The highest BCUT2D eigenvalue weighted by Crippen LogP contribution is 2.49. The van der Waals surface area contributed by atoms with E-state index in [9.17, 15) is 4.79 Å². The van der Waals surface area contributed by atoms with Gasteiger partial charge in [-0.25, -0.2) is 0 Å². The fraction of sp³-hybridized carbons (Fsp3) is 0.632. The van der Waals surface area contributed by atoms with Gasteiger partial charge in [-0.2, -0.15) is 0 Å². The van der Waals surface area contributed by atoms with Gasteiger partial charge in [0, 0.05) is 25.0 Å². The van der Waals surface area contributed by atoms with Crippen molar-refractivity contribution in [3.63, 3.8) is 0 Å². The van der Waals surface area contributed by atoms with Gasteiger partial charge in [0.2, 0.25) is 5.91 Å². The second-order valence-corrected chi connectivity index (χ2v) is 7.20. The second-order valence-electron chi connectivity index (χ2n) is 7.20. The number of hydrogen-bond acceptors (Lipinski definition) is 3. The van der Waals surface area contributed by atoms with E-state index in [4.69, 9.17) is 4.74 Å². The van der Waals surface area contributed by atoms with Gasteiger partial charge in [0.1, 0.15) is 5.75 Å². The number of rotatable bonds is 4. The molecule has 4 heteroatoms. The molecule has 1 amide bonds. The van der Waals surface area contributed by atoms with E-state index in [0.29, 0.717) is 17.9 Å². The Labute approximate surface area is 138 Å². The molecule has 3 fully saturated rings. The van der Waals surface area contributed by atoms with Crippen LogP contribution in [0.2, 0.25) is 0 Å². The van der Waals surface area contributed by atoms with E-state index in [1.807, 2.05) is 12.1 Å². The number of likely N-dealkylation sites (tertiary alicyclic amines) is 2. The molecule has 0 aromatic heterocycles. The molecule has 1 aliphatic carbocycles. The standard InChI is InChI=1S/C19H26N2O2/c1-23-16-6-4-5-14(11-16)17-12-18(17)19(22)21-10-7-15(13-21)20-8-2-3-9-20/h4-6,11,15,17-18H,2-3,7-10,12-13H2,1H3/t15-,17+,18+/m1/s1. The zero-order valence-corrected chi connectivity index (χ0v) is 13.9. The Kier molecular flexibility index (Phi) is 4.02. The molecule has 2 saturated heterocycles. The highest BCUT2D eigenvalue weighted by Gasteiger charge is 2.47. The number of hydrogen-bond donors (Lipinski definition) is 0. The summed E-state index contributed by atoms with van der Waals surface area (Å²) in [7, 11) is 1.69. The summed E-state index contributed by atoms with van der Waals surface area (Å²) in [5.41, 5.74) is 1.25. The second kappa shape index (κ2) is 6.16. The van der Waals surface area contributed by atoms with Crippen molar-refractivity contribution in [3.05, 3.63) is 29.8 Å². The maximum Gasteiger partial charge on any atom is 0.226 e. The Bertz CT molecular complexity index is 582. The lowest BCUT2D eigenvalue weighted by atomic mass is 10.1. The van der Waals surface area contributed by atoms with Crippen LogP contribution in [0.15, 0.2) is 24.3 Å². The molecule has 1 saturated carbocycles.